The van der Waals surface area contributed by atoms with Crippen LogP contribution in [0.5, 0.6) is 5.75 Å². The molecule has 1 unspecified atom stereocenters. The molecule has 0 spiro atoms. The summed E-state index contributed by atoms with van der Waals surface area (Å²) >= 11 is 1.61. The molecule has 0 saturated carbocycles. The van der Waals surface area contributed by atoms with Gasteiger partial charge in [0.25, 0.3) is 5.91 Å². The largest absolute Gasteiger partial charge is 0.484 e. The Morgan fingerprint density at radius 3 is 2.73 bits per heavy atom. The molecule has 1 atom stereocenters. The molecule has 2 amide bonds. The summed E-state index contributed by atoms with van der Waals surface area (Å²) in [4.78, 5) is 24.5. The van der Waals surface area contributed by atoms with Crippen molar-refractivity contribution >= 4 is 23.6 Å². The number of carbonyl (C=O) groups is 2. The first-order valence-corrected chi connectivity index (χ1v) is 9.64. The molecule has 26 heavy (non-hydrogen) atoms. The second kappa shape index (κ2) is 10.5. The van der Waals surface area contributed by atoms with Gasteiger partial charge < -0.3 is 19.9 Å². The van der Waals surface area contributed by atoms with Crippen molar-refractivity contribution < 1.29 is 18.8 Å². The number of rotatable bonds is 10. The fraction of sp³-hybridized carbons (Fsp3) is 0.389. The highest BCUT2D eigenvalue weighted by atomic mass is 32.2. The molecule has 1 heterocycles. The van der Waals surface area contributed by atoms with Gasteiger partial charge in [0.05, 0.1) is 6.54 Å². The molecule has 0 radical (unpaired) electrons. The van der Waals surface area contributed by atoms with Crippen molar-refractivity contribution in [2.45, 2.75) is 25.9 Å². The summed E-state index contributed by atoms with van der Waals surface area (Å²) in [6, 6.07) is 10.2. The quantitative estimate of drug-likeness (QED) is 0.657. The number of nitrogens with one attached hydrogen (secondary N) is 2. The molecule has 0 aliphatic rings. The van der Waals surface area contributed by atoms with Crippen LogP contribution in [0.15, 0.2) is 40.9 Å². The van der Waals surface area contributed by atoms with E-state index in [-0.39, 0.29) is 25.0 Å². The third-order valence-corrected chi connectivity index (χ3v) is 4.14. The Hall–Kier alpha value is -2.48. The van der Waals surface area contributed by atoms with Crippen LogP contribution in [0.2, 0.25) is 0 Å². The zero-order chi connectivity index (χ0) is 18.8. The third-order valence-electron chi connectivity index (χ3n) is 3.50. The first-order valence-electron chi connectivity index (χ1n) is 8.24. The van der Waals surface area contributed by atoms with E-state index in [4.69, 9.17) is 9.26 Å². The zero-order valence-corrected chi connectivity index (χ0v) is 15.7. The first-order chi connectivity index (χ1) is 12.6. The molecule has 0 fully saturated rings. The van der Waals surface area contributed by atoms with Crippen molar-refractivity contribution in [2.24, 2.45) is 0 Å². The van der Waals surface area contributed by atoms with Gasteiger partial charge in [-0.15, -0.1) is 0 Å². The topological polar surface area (TPSA) is 93.5 Å². The lowest BCUT2D eigenvalue weighted by Crippen LogP contribution is -2.48. The standard InChI is InChI=1S/C18H23N3O4S/c1-13-10-14(21-25-13)11-19-18(23)16(8-9-26-2)20-17(22)12-24-15-6-4-3-5-7-15/h3-7,10,16H,8-9,11-12H2,1-2H3,(H,19,23)(H,20,22). The van der Waals surface area contributed by atoms with E-state index in [1.165, 1.54) is 0 Å². The van der Waals surface area contributed by atoms with E-state index in [0.717, 1.165) is 5.75 Å². The number of ether oxygens (including phenoxy) is 1. The SMILES string of the molecule is CSCCC(NC(=O)COc1ccccc1)C(=O)NCc1cc(C)on1. The van der Waals surface area contributed by atoms with Gasteiger partial charge in [-0.3, -0.25) is 9.59 Å². The van der Waals surface area contributed by atoms with Gasteiger partial charge in [0.1, 0.15) is 23.2 Å². The normalized spacial score (nSPS) is 11.6. The number of hydrogen-bond acceptors (Lipinski definition) is 6. The number of aryl methyl sites for hydroxylation is 1. The van der Waals surface area contributed by atoms with E-state index in [9.17, 15) is 9.59 Å². The van der Waals surface area contributed by atoms with Gasteiger partial charge in [-0.1, -0.05) is 23.4 Å². The van der Waals surface area contributed by atoms with Crippen LogP contribution in [0.1, 0.15) is 17.9 Å². The molecule has 2 rings (SSSR count). The third kappa shape index (κ3) is 6.79. The number of carbonyl (C=O) groups excluding carboxylic acids is 2. The molecule has 0 aliphatic heterocycles. The van der Waals surface area contributed by atoms with Gasteiger partial charge in [-0.05, 0) is 37.5 Å². The Kier molecular flexibility index (Phi) is 8.01. The average molecular weight is 377 g/mol. The maximum atomic E-state index is 12.4. The van der Waals surface area contributed by atoms with Gasteiger partial charge in [0, 0.05) is 6.07 Å². The van der Waals surface area contributed by atoms with E-state index in [0.29, 0.717) is 23.6 Å². The lowest BCUT2D eigenvalue weighted by atomic mass is 10.2. The molecule has 0 saturated heterocycles. The summed E-state index contributed by atoms with van der Waals surface area (Å²) in [5.74, 6) is 1.44. The van der Waals surface area contributed by atoms with Gasteiger partial charge >= 0.3 is 0 Å². The average Bonchev–Trinajstić information content (AvgIpc) is 3.07. The van der Waals surface area contributed by atoms with Crippen molar-refractivity contribution in [3.63, 3.8) is 0 Å². The van der Waals surface area contributed by atoms with E-state index in [2.05, 4.69) is 15.8 Å². The molecule has 2 N–H and O–H groups in total. The van der Waals surface area contributed by atoms with Crippen molar-refractivity contribution in [1.29, 1.82) is 0 Å². The first kappa shape index (κ1) is 19.8. The second-order valence-corrected chi connectivity index (χ2v) is 6.64. The Labute approximate surface area is 156 Å². The van der Waals surface area contributed by atoms with Crippen LogP contribution < -0.4 is 15.4 Å². The van der Waals surface area contributed by atoms with E-state index in [1.54, 1.807) is 36.9 Å². The Bertz CT molecular complexity index is 705. The monoisotopic (exact) mass is 377 g/mol. The molecular weight excluding hydrogens is 354 g/mol. The summed E-state index contributed by atoms with van der Waals surface area (Å²) < 4.78 is 10.4. The summed E-state index contributed by atoms with van der Waals surface area (Å²) in [6.45, 7) is 1.89. The number of hydrogen-bond donors (Lipinski definition) is 2. The zero-order valence-electron chi connectivity index (χ0n) is 14.9. The van der Waals surface area contributed by atoms with Crippen LogP contribution >= 0.6 is 11.8 Å². The minimum atomic E-state index is -0.623. The van der Waals surface area contributed by atoms with Crippen LogP contribution in [-0.2, 0) is 16.1 Å². The molecule has 0 aliphatic carbocycles. The molecular formula is C18H23N3O4S. The van der Waals surface area contributed by atoms with Crippen LogP contribution in [0.4, 0.5) is 0 Å². The Morgan fingerprint density at radius 2 is 2.08 bits per heavy atom. The predicted octanol–water partition coefficient (Wildman–Crippen LogP) is 1.92. The number of amides is 2. The van der Waals surface area contributed by atoms with Crippen LogP contribution in [0, 0.1) is 6.92 Å². The van der Waals surface area contributed by atoms with Crippen LogP contribution in [0.3, 0.4) is 0 Å². The molecule has 7 nitrogen and oxygen atoms in total. The number of para-hydroxylation sites is 1. The fourth-order valence-electron chi connectivity index (χ4n) is 2.21. The lowest BCUT2D eigenvalue weighted by molar-refractivity contribution is -0.130. The van der Waals surface area contributed by atoms with Crippen molar-refractivity contribution in [3.05, 3.63) is 47.9 Å². The second-order valence-electron chi connectivity index (χ2n) is 5.65. The number of aromatic nitrogens is 1. The summed E-state index contributed by atoms with van der Waals surface area (Å²) in [6.07, 6.45) is 2.48. The van der Waals surface area contributed by atoms with Crippen molar-refractivity contribution in [2.75, 3.05) is 18.6 Å². The molecule has 140 valence electrons. The van der Waals surface area contributed by atoms with E-state index in [1.807, 2.05) is 24.5 Å². The molecule has 0 bridgehead atoms. The maximum Gasteiger partial charge on any atom is 0.258 e. The highest BCUT2D eigenvalue weighted by Crippen LogP contribution is 2.08. The highest BCUT2D eigenvalue weighted by Gasteiger charge is 2.20. The van der Waals surface area contributed by atoms with Crippen molar-refractivity contribution in [1.82, 2.24) is 15.8 Å². The van der Waals surface area contributed by atoms with Gasteiger partial charge in [-0.25, -0.2) is 0 Å². The maximum absolute atomic E-state index is 12.4. The molecule has 8 heteroatoms. The lowest BCUT2D eigenvalue weighted by Gasteiger charge is -2.18. The molecule has 1 aromatic carbocycles. The number of thioether (sulfide) groups is 1. The van der Waals surface area contributed by atoms with Crippen molar-refractivity contribution in [3.8, 4) is 5.75 Å². The number of benzene rings is 1. The Balaban J connectivity index is 1.84. The van der Waals surface area contributed by atoms with Crippen LogP contribution in [0.25, 0.3) is 0 Å². The molecule has 1 aromatic heterocycles. The number of nitrogens with zero attached hydrogens (tertiary/aromatic N) is 1. The highest BCUT2D eigenvalue weighted by molar-refractivity contribution is 7.98. The van der Waals surface area contributed by atoms with E-state index >= 15 is 0 Å². The minimum Gasteiger partial charge on any atom is -0.484 e. The van der Waals surface area contributed by atoms with Gasteiger partial charge in [-0.2, -0.15) is 11.8 Å². The minimum absolute atomic E-state index is 0.143. The van der Waals surface area contributed by atoms with Crippen LogP contribution in [-0.4, -0.2) is 41.6 Å². The predicted molar refractivity (Wildman–Crippen MR) is 100.0 cm³/mol. The summed E-state index contributed by atoms with van der Waals surface area (Å²) in [7, 11) is 0. The molecule has 2 aromatic rings. The van der Waals surface area contributed by atoms with Gasteiger partial charge in [0.2, 0.25) is 5.91 Å². The summed E-state index contributed by atoms with van der Waals surface area (Å²) in [5.41, 5.74) is 0.637. The van der Waals surface area contributed by atoms with Gasteiger partial charge in [0.15, 0.2) is 6.61 Å². The Morgan fingerprint density at radius 1 is 1.31 bits per heavy atom. The summed E-state index contributed by atoms with van der Waals surface area (Å²) in [5, 5.41) is 9.34. The fourth-order valence-corrected chi connectivity index (χ4v) is 2.68. The smallest absolute Gasteiger partial charge is 0.258 e. The van der Waals surface area contributed by atoms with E-state index < -0.39 is 6.04 Å².